The van der Waals surface area contributed by atoms with E-state index in [1.54, 1.807) is 0 Å². The lowest BCUT2D eigenvalue weighted by Crippen LogP contribution is -2.00. The van der Waals surface area contributed by atoms with Gasteiger partial charge in [0.25, 0.3) is 0 Å². The van der Waals surface area contributed by atoms with Crippen molar-refractivity contribution in [3.05, 3.63) is 59.7 Å². The minimum absolute atomic E-state index is 0.564. The lowest BCUT2D eigenvalue weighted by molar-refractivity contribution is 0.558. The van der Waals surface area contributed by atoms with Crippen molar-refractivity contribution >= 4 is 5.95 Å². The van der Waals surface area contributed by atoms with Crippen molar-refractivity contribution in [2.24, 2.45) is 7.05 Å². The SMILES string of the molecule is Cn1cc(CCCc2cn(CCCc3ccccc3)nn2)nc1N. The van der Waals surface area contributed by atoms with Gasteiger partial charge in [-0.15, -0.1) is 5.10 Å². The van der Waals surface area contributed by atoms with Gasteiger partial charge < -0.3 is 10.3 Å². The van der Waals surface area contributed by atoms with E-state index in [1.165, 1.54) is 5.56 Å². The molecule has 0 saturated carbocycles. The van der Waals surface area contributed by atoms with Gasteiger partial charge in [0.15, 0.2) is 5.95 Å². The van der Waals surface area contributed by atoms with E-state index in [4.69, 9.17) is 5.73 Å². The average molecular weight is 324 g/mol. The highest BCUT2D eigenvalue weighted by Gasteiger charge is 2.04. The number of aromatic nitrogens is 5. The van der Waals surface area contributed by atoms with E-state index in [0.29, 0.717) is 5.95 Å². The van der Waals surface area contributed by atoms with E-state index in [1.807, 2.05) is 28.6 Å². The van der Waals surface area contributed by atoms with Crippen LogP contribution in [0.4, 0.5) is 5.95 Å². The molecule has 2 N–H and O–H groups in total. The number of hydrogen-bond donors (Lipinski definition) is 1. The lowest BCUT2D eigenvalue weighted by Gasteiger charge is -2.01. The summed E-state index contributed by atoms with van der Waals surface area (Å²) in [6, 6.07) is 10.5. The molecule has 0 radical (unpaired) electrons. The normalized spacial score (nSPS) is 11.0. The number of anilines is 1. The predicted molar refractivity (Wildman–Crippen MR) is 94.4 cm³/mol. The van der Waals surface area contributed by atoms with Gasteiger partial charge in [0, 0.05) is 26.0 Å². The number of nitrogens with two attached hydrogens (primary N) is 1. The smallest absolute Gasteiger partial charge is 0.200 e. The molecule has 24 heavy (non-hydrogen) atoms. The Hall–Kier alpha value is -2.63. The van der Waals surface area contributed by atoms with Crippen LogP contribution in [-0.4, -0.2) is 24.5 Å². The Morgan fingerprint density at radius 1 is 0.958 bits per heavy atom. The van der Waals surface area contributed by atoms with E-state index >= 15 is 0 Å². The monoisotopic (exact) mass is 324 g/mol. The molecule has 0 unspecified atom stereocenters. The van der Waals surface area contributed by atoms with Crippen molar-refractivity contribution in [3.63, 3.8) is 0 Å². The van der Waals surface area contributed by atoms with Crippen LogP contribution in [0.2, 0.25) is 0 Å². The molecule has 2 heterocycles. The lowest BCUT2D eigenvalue weighted by atomic mass is 10.1. The van der Waals surface area contributed by atoms with Crippen molar-refractivity contribution in [2.45, 2.75) is 38.6 Å². The topological polar surface area (TPSA) is 74.5 Å². The first-order valence-electron chi connectivity index (χ1n) is 8.41. The molecule has 0 spiro atoms. The number of nitrogen functional groups attached to an aromatic ring is 1. The molecule has 3 aromatic rings. The van der Waals surface area contributed by atoms with Gasteiger partial charge in [-0.05, 0) is 37.7 Å². The third-order valence-electron chi connectivity index (χ3n) is 4.11. The van der Waals surface area contributed by atoms with Crippen LogP contribution in [0.3, 0.4) is 0 Å². The van der Waals surface area contributed by atoms with Crippen molar-refractivity contribution in [3.8, 4) is 0 Å². The van der Waals surface area contributed by atoms with Crippen molar-refractivity contribution < 1.29 is 0 Å². The predicted octanol–water partition coefficient (Wildman–Crippen LogP) is 2.40. The maximum Gasteiger partial charge on any atom is 0.200 e. The molecule has 0 aliphatic heterocycles. The van der Waals surface area contributed by atoms with Gasteiger partial charge in [0.05, 0.1) is 11.4 Å². The summed E-state index contributed by atoms with van der Waals surface area (Å²) in [5.74, 6) is 0.564. The Labute approximate surface area is 142 Å². The van der Waals surface area contributed by atoms with Crippen LogP contribution in [0.1, 0.15) is 29.8 Å². The van der Waals surface area contributed by atoms with E-state index in [-0.39, 0.29) is 0 Å². The first-order chi connectivity index (χ1) is 11.7. The fourth-order valence-electron chi connectivity index (χ4n) is 2.77. The molecule has 0 atom stereocenters. The molecule has 2 aromatic heterocycles. The van der Waals surface area contributed by atoms with Gasteiger partial charge in [-0.2, -0.15) is 0 Å². The zero-order chi connectivity index (χ0) is 16.8. The number of benzene rings is 1. The first-order valence-corrected chi connectivity index (χ1v) is 8.41. The Morgan fingerprint density at radius 3 is 2.50 bits per heavy atom. The highest BCUT2D eigenvalue weighted by molar-refractivity contribution is 5.21. The van der Waals surface area contributed by atoms with Gasteiger partial charge in [0.2, 0.25) is 0 Å². The minimum atomic E-state index is 0.564. The van der Waals surface area contributed by atoms with Gasteiger partial charge in [-0.3, -0.25) is 4.68 Å². The number of hydrogen-bond acceptors (Lipinski definition) is 4. The highest BCUT2D eigenvalue weighted by Crippen LogP contribution is 2.08. The van der Waals surface area contributed by atoms with Crippen LogP contribution in [-0.2, 0) is 32.9 Å². The summed E-state index contributed by atoms with van der Waals surface area (Å²) >= 11 is 0. The van der Waals surface area contributed by atoms with E-state index in [0.717, 1.165) is 50.0 Å². The molecular weight excluding hydrogens is 300 g/mol. The summed E-state index contributed by atoms with van der Waals surface area (Å²) in [7, 11) is 1.91. The van der Waals surface area contributed by atoms with Crippen molar-refractivity contribution in [1.82, 2.24) is 24.5 Å². The zero-order valence-corrected chi connectivity index (χ0v) is 14.1. The van der Waals surface area contributed by atoms with E-state index in [2.05, 4.69) is 45.8 Å². The van der Waals surface area contributed by atoms with Crippen LogP contribution in [0.5, 0.6) is 0 Å². The van der Waals surface area contributed by atoms with Gasteiger partial charge in [0.1, 0.15) is 0 Å². The molecule has 1 aromatic carbocycles. The summed E-state index contributed by atoms with van der Waals surface area (Å²) in [6.07, 6.45) is 8.99. The number of imidazole rings is 1. The second-order valence-electron chi connectivity index (χ2n) is 6.12. The summed E-state index contributed by atoms with van der Waals surface area (Å²) in [5.41, 5.74) is 9.18. The van der Waals surface area contributed by atoms with Crippen LogP contribution >= 0.6 is 0 Å². The molecule has 0 saturated heterocycles. The van der Waals surface area contributed by atoms with Gasteiger partial charge >= 0.3 is 0 Å². The second kappa shape index (κ2) is 7.77. The molecule has 0 amide bonds. The summed E-state index contributed by atoms with van der Waals surface area (Å²) in [6.45, 7) is 0.901. The van der Waals surface area contributed by atoms with Gasteiger partial charge in [-0.1, -0.05) is 35.5 Å². The summed E-state index contributed by atoms with van der Waals surface area (Å²) in [5, 5.41) is 8.48. The molecule has 6 nitrogen and oxygen atoms in total. The molecule has 0 aliphatic rings. The minimum Gasteiger partial charge on any atom is -0.369 e. The first kappa shape index (κ1) is 16.2. The van der Waals surface area contributed by atoms with Crippen LogP contribution in [0, 0.1) is 0 Å². The Morgan fingerprint density at radius 2 is 1.75 bits per heavy atom. The summed E-state index contributed by atoms with van der Waals surface area (Å²) in [4.78, 5) is 4.32. The molecule has 0 fully saturated rings. The Bertz CT molecular complexity index is 739. The second-order valence-corrected chi connectivity index (χ2v) is 6.12. The average Bonchev–Trinajstić information content (AvgIpc) is 3.15. The Balaban J connectivity index is 1.40. The molecule has 126 valence electrons. The van der Waals surface area contributed by atoms with Crippen LogP contribution in [0.25, 0.3) is 0 Å². The highest BCUT2D eigenvalue weighted by atomic mass is 15.4. The zero-order valence-electron chi connectivity index (χ0n) is 14.1. The van der Waals surface area contributed by atoms with Crippen molar-refractivity contribution in [1.29, 1.82) is 0 Å². The maximum absolute atomic E-state index is 5.74. The number of aryl methyl sites for hydroxylation is 5. The number of rotatable bonds is 8. The Kier molecular flexibility index (Phi) is 5.25. The van der Waals surface area contributed by atoms with E-state index in [9.17, 15) is 0 Å². The molecule has 3 rings (SSSR count). The fraction of sp³-hybridized carbons (Fsp3) is 0.389. The standard InChI is InChI=1S/C18H24N6/c1-23-13-16(20-18(23)19)10-5-11-17-14-24(22-21-17)12-6-9-15-7-3-2-4-8-15/h2-4,7-8,13-14H,5-6,9-12H2,1H3,(H2,19,20). The van der Waals surface area contributed by atoms with Crippen molar-refractivity contribution in [2.75, 3.05) is 5.73 Å². The fourth-order valence-corrected chi connectivity index (χ4v) is 2.77. The number of nitrogens with zero attached hydrogens (tertiary/aromatic N) is 5. The van der Waals surface area contributed by atoms with Gasteiger partial charge in [-0.25, -0.2) is 4.98 Å². The van der Waals surface area contributed by atoms with Crippen LogP contribution in [0.15, 0.2) is 42.7 Å². The third-order valence-corrected chi connectivity index (χ3v) is 4.11. The molecular formula is C18H24N6. The van der Waals surface area contributed by atoms with E-state index < -0.39 is 0 Å². The molecule has 6 heteroatoms. The molecule has 0 bridgehead atoms. The van der Waals surface area contributed by atoms with Crippen LogP contribution < -0.4 is 5.73 Å². The summed E-state index contributed by atoms with van der Waals surface area (Å²) < 4.78 is 3.79. The maximum atomic E-state index is 5.74. The largest absolute Gasteiger partial charge is 0.369 e. The quantitative estimate of drug-likeness (QED) is 0.690. The molecule has 0 aliphatic carbocycles. The third kappa shape index (κ3) is 4.44.